The molecule has 0 bridgehead atoms. The summed E-state index contributed by atoms with van der Waals surface area (Å²) in [6.45, 7) is 10.4. The zero-order valence-electron chi connectivity index (χ0n) is 19.5. The molecule has 0 heterocycles. The van der Waals surface area contributed by atoms with Crippen LogP contribution in [0.2, 0.25) is 0 Å². The minimum absolute atomic E-state index is 0.308. The van der Waals surface area contributed by atoms with Crippen molar-refractivity contribution in [2.24, 2.45) is 5.73 Å². The number of anilines is 1. The van der Waals surface area contributed by atoms with Gasteiger partial charge in [-0.15, -0.1) is 0 Å². The molecular formula is C23H38N2O5. The van der Waals surface area contributed by atoms with Crippen LogP contribution in [-0.4, -0.2) is 44.5 Å². The van der Waals surface area contributed by atoms with Crippen LogP contribution in [-0.2, 0) is 9.47 Å². The summed E-state index contributed by atoms with van der Waals surface area (Å²) in [7, 11) is 3.05. The molecule has 7 heteroatoms. The molecule has 1 amide bonds. The van der Waals surface area contributed by atoms with E-state index in [-0.39, 0.29) is 5.97 Å². The highest BCUT2D eigenvalue weighted by Gasteiger charge is 2.24. The molecule has 7 nitrogen and oxygen atoms in total. The van der Waals surface area contributed by atoms with Crippen molar-refractivity contribution in [1.29, 1.82) is 0 Å². The summed E-state index contributed by atoms with van der Waals surface area (Å²) >= 11 is 0. The Hall–Kier alpha value is -2.44. The van der Waals surface area contributed by atoms with E-state index in [4.69, 9.17) is 15.2 Å². The second-order valence-corrected chi connectivity index (χ2v) is 8.42. The Morgan fingerprint density at radius 1 is 1.13 bits per heavy atom. The van der Waals surface area contributed by atoms with Gasteiger partial charge in [0.2, 0.25) is 0 Å². The number of nitrogens with two attached hydrogens (primary N) is 1. The Morgan fingerprint density at radius 2 is 1.73 bits per heavy atom. The van der Waals surface area contributed by atoms with Gasteiger partial charge in [0, 0.05) is 24.3 Å². The summed E-state index contributed by atoms with van der Waals surface area (Å²) < 4.78 is 14.9. The van der Waals surface area contributed by atoms with Crippen molar-refractivity contribution in [3.63, 3.8) is 0 Å². The summed E-state index contributed by atoms with van der Waals surface area (Å²) in [6.07, 6.45) is 5.62. The SMILES string of the molecule is CC(C)(C)OC(N)=O.CCN(c1cc(OC)cc(C(=O)OC)c1C)C1CCCCC1. The molecule has 0 atom stereocenters. The number of hydrogen-bond donors (Lipinski definition) is 1. The molecule has 0 aromatic heterocycles. The lowest BCUT2D eigenvalue weighted by Crippen LogP contribution is -2.37. The van der Waals surface area contributed by atoms with Gasteiger partial charge in [0.05, 0.1) is 19.8 Å². The standard InChI is InChI=1S/C18H27NO3.C5H11NO2/c1-5-19(14-9-7-6-8-10-14)17-12-15(21-3)11-16(13(17)2)18(20)22-4;1-5(2,3)8-4(6)7/h11-12,14H,5-10H2,1-4H3;1-3H3,(H2,6,7). The molecule has 0 radical (unpaired) electrons. The van der Waals surface area contributed by atoms with Gasteiger partial charge in [-0.3, -0.25) is 0 Å². The van der Waals surface area contributed by atoms with E-state index in [0.29, 0.717) is 17.4 Å². The van der Waals surface area contributed by atoms with E-state index < -0.39 is 11.7 Å². The Kier molecular flexibility index (Phi) is 9.96. The number of rotatable bonds is 5. The van der Waals surface area contributed by atoms with E-state index in [1.54, 1.807) is 33.9 Å². The molecule has 0 spiro atoms. The van der Waals surface area contributed by atoms with Gasteiger partial charge in [-0.1, -0.05) is 19.3 Å². The number of carbonyl (C=O) groups excluding carboxylic acids is 2. The van der Waals surface area contributed by atoms with Crippen LogP contribution in [0.4, 0.5) is 10.5 Å². The maximum Gasteiger partial charge on any atom is 0.405 e. The van der Waals surface area contributed by atoms with Crippen LogP contribution in [0.1, 0.15) is 75.7 Å². The highest BCUT2D eigenvalue weighted by Crippen LogP contribution is 2.34. The number of benzene rings is 1. The molecule has 1 aliphatic rings. The molecule has 2 N–H and O–H groups in total. The second-order valence-electron chi connectivity index (χ2n) is 8.42. The third-order valence-corrected chi connectivity index (χ3v) is 5.07. The highest BCUT2D eigenvalue weighted by atomic mass is 16.6. The monoisotopic (exact) mass is 422 g/mol. The molecule has 0 unspecified atom stereocenters. The van der Waals surface area contributed by atoms with Crippen molar-refractivity contribution in [2.45, 2.75) is 78.4 Å². The lowest BCUT2D eigenvalue weighted by atomic mass is 9.93. The van der Waals surface area contributed by atoms with Crippen LogP contribution in [0.25, 0.3) is 0 Å². The zero-order chi connectivity index (χ0) is 22.9. The van der Waals surface area contributed by atoms with Gasteiger partial charge >= 0.3 is 12.1 Å². The van der Waals surface area contributed by atoms with Crippen molar-refractivity contribution in [2.75, 3.05) is 25.7 Å². The fourth-order valence-electron chi connectivity index (χ4n) is 3.73. The predicted molar refractivity (Wildman–Crippen MR) is 119 cm³/mol. The van der Waals surface area contributed by atoms with Crippen molar-refractivity contribution in [1.82, 2.24) is 0 Å². The quantitative estimate of drug-likeness (QED) is 0.684. The van der Waals surface area contributed by atoms with Gasteiger partial charge in [0.15, 0.2) is 0 Å². The maximum absolute atomic E-state index is 12.0. The number of hydrogen-bond acceptors (Lipinski definition) is 6. The van der Waals surface area contributed by atoms with Gasteiger partial charge in [-0.2, -0.15) is 0 Å². The fraction of sp³-hybridized carbons (Fsp3) is 0.652. The molecule has 1 saturated carbocycles. The summed E-state index contributed by atoms with van der Waals surface area (Å²) in [5.41, 5.74) is 6.92. The number of nitrogens with zero attached hydrogens (tertiary/aromatic N) is 1. The van der Waals surface area contributed by atoms with E-state index in [0.717, 1.165) is 17.8 Å². The Labute approximate surface area is 180 Å². The van der Waals surface area contributed by atoms with Crippen LogP contribution in [0.3, 0.4) is 0 Å². The fourth-order valence-corrected chi connectivity index (χ4v) is 3.73. The molecule has 0 aliphatic heterocycles. The zero-order valence-corrected chi connectivity index (χ0v) is 19.5. The molecule has 1 fully saturated rings. The highest BCUT2D eigenvalue weighted by molar-refractivity contribution is 5.93. The smallest absolute Gasteiger partial charge is 0.405 e. The van der Waals surface area contributed by atoms with E-state index in [9.17, 15) is 9.59 Å². The van der Waals surface area contributed by atoms with Crippen molar-refractivity contribution < 1.29 is 23.8 Å². The first-order valence-corrected chi connectivity index (χ1v) is 10.6. The molecule has 30 heavy (non-hydrogen) atoms. The maximum atomic E-state index is 12.0. The number of esters is 1. The minimum atomic E-state index is -0.725. The van der Waals surface area contributed by atoms with Gasteiger partial charge in [0.25, 0.3) is 0 Å². The summed E-state index contributed by atoms with van der Waals surface area (Å²) in [5, 5.41) is 0. The third kappa shape index (κ3) is 7.76. The summed E-state index contributed by atoms with van der Waals surface area (Å²) in [5.74, 6) is 0.396. The first kappa shape index (κ1) is 25.6. The molecule has 1 aromatic rings. The van der Waals surface area contributed by atoms with Crippen LogP contribution < -0.4 is 15.4 Å². The first-order valence-electron chi connectivity index (χ1n) is 10.6. The molecule has 1 aromatic carbocycles. The summed E-state index contributed by atoms with van der Waals surface area (Å²) in [6, 6.07) is 4.36. The molecule has 0 saturated heterocycles. The predicted octanol–water partition coefficient (Wildman–Crippen LogP) is 4.83. The lowest BCUT2D eigenvalue weighted by molar-refractivity contribution is 0.0589. The molecule has 170 valence electrons. The van der Waals surface area contributed by atoms with Gasteiger partial charge in [-0.25, -0.2) is 9.59 Å². The van der Waals surface area contributed by atoms with Crippen molar-refractivity contribution in [3.8, 4) is 5.75 Å². The van der Waals surface area contributed by atoms with E-state index in [1.165, 1.54) is 39.2 Å². The van der Waals surface area contributed by atoms with E-state index >= 15 is 0 Å². The number of ether oxygens (including phenoxy) is 3. The average Bonchev–Trinajstić information content (AvgIpc) is 2.68. The Bertz CT molecular complexity index is 706. The van der Waals surface area contributed by atoms with E-state index in [1.807, 2.05) is 13.0 Å². The molecule has 2 rings (SSSR count). The van der Waals surface area contributed by atoms with Crippen LogP contribution in [0.5, 0.6) is 5.75 Å². The van der Waals surface area contributed by atoms with Crippen molar-refractivity contribution >= 4 is 17.7 Å². The molecular weight excluding hydrogens is 384 g/mol. The number of carbonyl (C=O) groups is 2. The van der Waals surface area contributed by atoms with Gasteiger partial charge < -0.3 is 24.8 Å². The summed E-state index contributed by atoms with van der Waals surface area (Å²) in [4.78, 5) is 24.5. The largest absolute Gasteiger partial charge is 0.497 e. The van der Waals surface area contributed by atoms with E-state index in [2.05, 4.69) is 16.6 Å². The molecule has 1 aliphatic carbocycles. The number of methoxy groups -OCH3 is 2. The normalized spacial score (nSPS) is 14.2. The lowest BCUT2D eigenvalue weighted by Gasteiger charge is -2.36. The number of primary amides is 1. The Morgan fingerprint density at radius 3 is 2.13 bits per heavy atom. The van der Waals surface area contributed by atoms with Gasteiger partial charge in [0.1, 0.15) is 11.4 Å². The van der Waals surface area contributed by atoms with Gasteiger partial charge in [-0.05, 0) is 59.1 Å². The average molecular weight is 423 g/mol. The first-order chi connectivity index (χ1) is 14.0. The topological polar surface area (TPSA) is 91.1 Å². The van der Waals surface area contributed by atoms with Crippen LogP contribution in [0.15, 0.2) is 12.1 Å². The third-order valence-electron chi connectivity index (χ3n) is 5.07. The van der Waals surface area contributed by atoms with Crippen LogP contribution >= 0.6 is 0 Å². The second kappa shape index (κ2) is 11.7. The minimum Gasteiger partial charge on any atom is -0.497 e. The Balaban J connectivity index is 0.000000479. The number of amides is 1. The van der Waals surface area contributed by atoms with Crippen LogP contribution in [0, 0.1) is 6.92 Å². The van der Waals surface area contributed by atoms with Crippen molar-refractivity contribution in [3.05, 3.63) is 23.3 Å².